The highest BCUT2D eigenvalue weighted by Crippen LogP contribution is 2.40. The molecular weight excluding hydrogens is 338 g/mol. The van der Waals surface area contributed by atoms with Gasteiger partial charge in [0, 0.05) is 6.42 Å². The molecule has 7 N–H and O–H groups in total. The Morgan fingerprint density at radius 1 is 1.10 bits per heavy atom. The summed E-state index contributed by atoms with van der Waals surface area (Å²) in [4.78, 5) is 34.2. The Labute approximate surface area is 118 Å². The van der Waals surface area contributed by atoms with Crippen LogP contribution in [-0.4, -0.2) is 72.2 Å². The Kier molecular flexibility index (Phi) is 6.07. The number of rotatable bonds is 6. The molecule has 0 aromatic carbocycles. The van der Waals surface area contributed by atoms with Gasteiger partial charge in [0.25, 0.3) is 0 Å². The highest BCUT2D eigenvalue weighted by Gasteiger charge is 2.48. The van der Waals surface area contributed by atoms with E-state index in [4.69, 9.17) is 24.3 Å². The largest absolute Gasteiger partial charge is 0.469 e. The molecule has 1 fully saturated rings. The standard InChI is InChI=1S/C7H16O12P2/c8-4-1-6(9)7(10,3-18-21(14,15)16)19-5(4)2-17-20(11,12)13/h4-6,8-10H,1-3H2,(H2,11,12,13)(H2,14,15,16)/t4?,5-,6?,7-/m1/s1. The van der Waals surface area contributed by atoms with E-state index in [2.05, 4.69) is 9.05 Å². The van der Waals surface area contributed by atoms with Crippen LogP contribution >= 0.6 is 15.6 Å². The highest BCUT2D eigenvalue weighted by molar-refractivity contribution is 7.46. The number of hydrogen-bond acceptors (Lipinski definition) is 8. The maximum Gasteiger partial charge on any atom is 0.469 e. The lowest BCUT2D eigenvalue weighted by atomic mass is 9.96. The van der Waals surface area contributed by atoms with Gasteiger partial charge in [0.2, 0.25) is 5.79 Å². The fourth-order valence-corrected chi connectivity index (χ4v) is 2.30. The minimum Gasteiger partial charge on any atom is -0.390 e. The van der Waals surface area contributed by atoms with Crippen LogP contribution in [0.3, 0.4) is 0 Å². The van der Waals surface area contributed by atoms with Crippen LogP contribution < -0.4 is 0 Å². The van der Waals surface area contributed by atoms with Crippen molar-refractivity contribution in [3.63, 3.8) is 0 Å². The molecule has 0 saturated carbocycles. The Balaban J connectivity index is 2.72. The summed E-state index contributed by atoms with van der Waals surface area (Å²) in [5, 5.41) is 29.1. The van der Waals surface area contributed by atoms with E-state index >= 15 is 0 Å². The molecule has 0 amide bonds. The van der Waals surface area contributed by atoms with Crippen LogP contribution in [0.25, 0.3) is 0 Å². The maximum absolute atomic E-state index is 10.6. The van der Waals surface area contributed by atoms with Gasteiger partial charge < -0.3 is 39.6 Å². The van der Waals surface area contributed by atoms with Gasteiger partial charge in [0.15, 0.2) is 0 Å². The molecule has 1 heterocycles. The van der Waals surface area contributed by atoms with Crippen molar-refractivity contribution in [3.8, 4) is 0 Å². The van der Waals surface area contributed by atoms with Crippen molar-refractivity contribution in [1.29, 1.82) is 0 Å². The average molecular weight is 354 g/mol. The fraction of sp³-hybridized carbons (Fsp3) is 1.00. The Hall–Kier alpha value is 0.0600. The Morgan fingerprint density at radius 2 is 1.62 bits per heavy atom. The quantitative estimate of drug-likeness (QED) is 0.245. The summed E-state index contributed by atoms with van der Waals surface area (Å²) >= 11 is 0. The SMILES string of the molecule is O=P(O)(O)OC[C@H]1O[C@](O)(COP(=O)(O)O)C(O)CC1O. The third kappa shape index (κ3) is 6.37. The van der Waals surface area contributed by atoms with Gasteiger partial charge in [-0.1, -0.05) is 0 Å². The zero-order valence-corrected chi connectivity index (χ0v) is 12.2. The summed E-state index contributed by atoms with van der Waals surface area (Å²) in [5.74, 6) is -2.58. The van der Waals surface area contributed by atoms with Crippen LogP contribution in [0.15, 0.2) is 0 Å². The van der Waals surface area contributed by atoms with Gasteiger partial charge in [0.1, 0.15) is 18.8 Å². The van der Waals surface area contributed by atoms with Crippen LogP contribution in [0.5, 0.6) is 0 Å². The van der Waals surface area contributed by atoms with Crippen molar-refractivity contribution < 1.29 is 57.8 Å². The van der Waals surface area contributed by atoms with E-state index in [1.165, 1.54) is 0 Å². The minimum atomic E-state index is -4.95. The second-order valence-electron chi connectivity index (χ2n) is 4.37. The molecule has 0 aliphatic carbocycles. The molecule has 4 atom stereocenters. The van der Waals surface area contributed by atoms with Gasteiger partial charge in [-0.3, -0.25) is 9.05 Å². The fourth-order valence-electron chi connectivity index (χ4n) is 1.61. The summed E-state index contributed by atoms with van der Waals surface area (Å²) < 4.78 is 34.1. The van der Waals surface area contributed by atoms with E-state index in [1.807, 2.05) is 0 Å². The van der Waals surface area contributed by atoms with E-state index in [0.717, 1.165) is 0 Å². The first-order chi connectivity index (χ1) is 9.32. The lowest BCUT2D eigenvalue weighted by Crippen LogP contribution is -2.59. The van der Waals surface area contributed by atoms with Gasteiger partial charge in [-0.05, 0) is 0 Å². The van der Waals surface area contributed by atoms with Crippen molar-refractivity contribution in [2.45, 2.75) is 30.5 Å². The number of hydrogen-bond donors (Lipinski definition) is 7. The van der Waals surface area contributed by atoms with E-state index < -0.39 is 59.4 Å². The zero-order valence-electron chi connectivity index (χ0n) is 10.4. The van der Waals surface area contributed by atoms with Gasteiger partial charge in [-0.25, -0.2) is 9.13 Å². The monoisotopic (exact) mass is 354 g/mol. The van der Waals surface area contributed by atoms with Crippen LogP contribution in [0.4, 0.5) is 0 Å². The summed E-state index contributed by atoms with van der Waals surface area (Å²) in [6.07, 6.45) is -5.12. The number of ether oxygens (including phenoxy) is 1. The highest BCUT2D eigenvalue weighted by atomic mass is 31.2. The molecule has 1 aliphatic rings. The summed E-state index contributed by atoms with van der Waals surface area (Å²) in [6, 6.07) is 0. The lowest BCUT2D eigenvalue weighted by molar-refractivity contribution is -0.331. The third-order valence-electron chi connectivity index (χ3n) is 2.62. The second-order valence-corrected chi connectivity index (χ2v) is 6.85. The van der Waals surface area contributed by atoms with E-state index in [0.29, 0.717) is 0 Å². The molecule has 14 heteroatoms. The summed E-state index contributed by atoms with van der Waals surface area (Å²) in [6.45, 7) is -1.95. The second kappa shape index (κ2) is 6.67. The molecule has 0 radical (unpaired) electrons. The third-order valence-corrected chi connectivity index (χ3v) is 3.57. The van der Waals surface area contributed by atoms with Gasteiger partial charge in [-0.15, -0.1) is 0 Å². The molecule has 0 spiro atoms. The minimum absolute atomic E-state index is 0.490. The van der Waals surface area contributed by atoms with E-state index in [1.54, 1.807) is 0 Å². The summed E-state index contributed by atoms with van der Waals surface area (Å²) in [5.41, 5.74) is 0. The maximum atomic E-state index is 10.6. The first-order valence-corrected chi connectivity index (χ1v) is 8.55. The molecule has 1 rings (SSSR count). The van der Waals surface area contributed by atoms with Gasteiger partial charge in [0.05, 0.1) is 12.7 Å². The van der Waals surface area contributed by atoms with Crippen molar-refractivity contribution in [2.75, 3.05) is 13.2 Å². The number of aliphatic hydroxyl groups excluding tert-OH is 2. The Bertz CT molecular complexity index is 443. The van der Waals surface area contributed by atoms with Gasteiger partial charge in [-0.2, -0.15) is 0 Å². The summed E-state index contributed by atoms with van der Waals surface area (Å²) in [7, 11) is -9.80. The van der Waals surface area contributed by atoms with Crippen LogP contribution in [0.1, 0.15) is 6.42 Å². The Morgan fingerprint density at radius 3 is 2.10 bits per heavy atom. The van der Waals surface area contributed by atoms with Crippen molar-refractivity contribution in [1.82, 2.24) is 0 Å². The first kappa shape index (κ1) is 19.1. The van der Waals surface area contributed by atoms with Crippen LogP contribution in [0.2, 0.25) is 0 Å². The molecule has 0 bridgehead atoms. The topological polar surface area (TPSA) is 203 Å². The molecular formula is C7H16O12P2. The molecule has 2 unspecified atom stereocenters. The number of aliphatic hydroxyl groups is 3. The number of phosphoric acid groups is 2. The van der Waals surface area contributed by atoms with E-state index in [-0.39, 0.29) is 0 Å². The predicted octanol–water partition coefficient (Wildman–Crippen LogP) is -2.60. The zero-order chi connectivity index (χ0) is 16.5. The van der Waals surface area contributed by atoms with Crippen LogP contribution in [-0.2, 0) is 22.9 Å². The van der Waals surface area contributed by atoms with Crippen molar-refractivity contribution in [2.24, 2.45) is 0 Å². The predicted molar refractivity (Wildman–Crippen MR) is 62.4 cm³/mol. The molecule has 0 aromatic rings. The van der Waals surface area contributed by atoms with E-state index in [9.17, 15) is 24.4 Å². The first-order valence-electron chi connectivity index (χ1n) is 5.49. The van der Waals surface area contributed by atoms with Gasteiger partial charge >= 0.3 is 15.6 Å². The molecule has 1 aliphatic heterocycles. The molecule has 1 saturated heterocycles. The number of phosphoric ester groups is 2. The molecule has 0 aromatic heterocycles. The van der Waals surface area contributed by atoms with Crippen LogP contribution in [0, 0.1) is 0 Å². The molecule has 12 nitrogen and oxygen atoms in total. The lowest BCUT2D eigenvalue weighted by Gasteiger charge is -2.42. The molecule has 21 heavy (non-hydrogen) atoms. The molecule has 126 valence electrons. The van der Waals surface area contributed by atoms with Crippen molar-refractivity contribution in [3.05, 3.63) is 0 Å². The average Bonchev–Trinajstić information content (AvgIpc) is 2.28. The van der Waals surface area contributed by atoms with Crippen molar-refractivity contribution >= 4 is 15.6 Å². The smallest absolute Gasteiger partial charge is 0.390 e. The normalized spacial score (nSPS) is 34.9.